The van der Waals surface area contributed by atoms with Crippen LogP contribution in [0.4, 0.5) is 11.4 Å². The average molecular weight is 266 g/mol. The average Bonchev–Trinajstić information content (AvgIpc) is 2.43. The molecule has 1 aromatic rings. The minimum Gasteiger partial charge on any atom is -0.493 e. The molecule has 1 atom stereocenters. The van der Waals surface area contributed by atoms with Crippen LogP contribution in [0.25, 0.3) is 0 Å². The highest BCUT2D eigenvalue weighted by Crippen LogP contribution is 2.23. The van der Waals surface area contributed by atoms with Gasteiger partial charge in [0.05, 0.1) is 32.5 Å². The standard InChI is InChI=1S/C14H22N2O3/c1-2-3-18-13-7-11(15)6-12(8-13)16-9-14-10-17-4-5-19-14/h6-8,14,16H,2-5,9-10,15H2,1H3. The number of anilines is 2. The van der Waals surface area contributed by atoms with Crippen LogP contribution in [0.15, 0.2) is 18.2 Å². The van der Waals surface area contributed by atoms with Crippen molar-refractivity contribution in [2.24, 2.45) is 0 Å². The predicted octanol–water partition coefficient (Wildman–Crippen LogP) is 1.88. The topological polar surface area (TPSA) is 65.7 Å². The Labute approximate surface area is 114 Å². The van der Waals surface area contributed by atoms with Gasteiger partial charge in [0, 0.05) is 30.1 Å². The third-order valence-corrected chi connectivity index (χ3v) is 2.82. The van der Waals surface area contributed by atoms with Gasteiger partial charge in [-0.05, 0) is 12.5 Å². The summed E-state index contributed by atoms with van der Waals surface area (Å²) in [5, 5.41) is 3.31. The zero-order valence-electron chi connectivity index (χ0n) is 11.4. The normalized spacial score (nSPS) is 19.1. The summed E-state index contributed by atoms with van der Waals surface area (Å²) in [4.78, 5) is 0. The van der Waals surface area contributed by atoms with Crippen LogP contribution in [0.5, 0.6) is 5.75 Å². The minimum absolute atomic E-state index is 0.0928. The number of rotatable bonds is 6. The van der Waals surface area contributed by atoms with E-state index in [0.717, 1.165) is 17.9 Å². The first-order valence-corrected chi connectivity index (χ1v) is 6.74. The van der Waals surface area contributed by atoms with Crippen LogP contribution < -0.4 is 15.8 Å². The van der Waals surface area contributed by atoms with Crippen LogP contribution in [-0.2, 0) is 9.47 Å². The van der Waals surface area contributed by atoms with Crippen molar-refractivity contribution in [1.29, 1.82) is 0 Å². The van der Waals surface area contributed by atoms with E-state index < -0.39 is 0 Å². The lowest BCUT2D eigenvalue weighted by Gasteiger charge is -2.23. The van der Waals surface area contributed by atoms with Gasteiger partial charge in [-0.3, -0.25) is 0 Å². The quantitative estimate of drug-likeness (QED) is 0.770. The Hall–Kier alpha value is -1.46. The second-order valence-electron chi connectivity index (χ2n) is 4.59. The number of benzene rings is 1. The van der Waals surface area contributed by atoms with E-state index in [1.807, 2.05) is 18.2 Å². The fourth-order valence-corrected chi connectivity index (χ4v) is 1.91. The fourth-order valence-electron chi connectivity index (χ4n) is 1.91. The Morgan fingerprint density at radius 2 is 2.26 bits per heavy atom. The van der Waals surface area contributed by atoms with E-state index in [4.69, 9.17) is 19.9 Å². The monoisotopic (exact) mass is 266 g/mol. The molecule has 5 heteroatoms. The van der Waals surface area contributed by atoms with E-state index in [2.05, 4.69) is 12.2 Å². The second-order valence-corrected chi connectivity index (χ2v) is 4.59. The molecule has 2 rings (SSSR count). The van der Waals surface area contributed by atoms with Crippen molar-refractivity contribution in [3.05, 3.63) is 18.2 Å². The van der Waals surface area contributed by atoms with Gasteiger partial charge in [0.1, 0.15) is 5.75 Å². The van der Waals surface area contributed by atoms with Gasteiger partial charge in [-0.2, -0.15) is 0 Å². The molecule has 0 spiro atoms. The summed E-state index contributed by atoms with van der Waals surface area (Å²) in [5.41, 5.74) is 7.50. The Bertz CT molecular complexity index is 392. The molecule has 19 heavy (non-hydrogen) atoms. The summed E-state index contributed by atoms with van der Waals surface area (Å²) in [6.45, 7) is 5.46. The molecule has 0 radical (unpaired) electrons. The van der Waals surface area contributed by atoms with Crippen molar-refractivity contribution >= 4 is 11.4 Å². The van der Waals surface area contributed by atoms with Crippen molar-refractivity contribution in [1.82, 2.24) is 0 Å². The van der Waals surface area contributed by atoms with Crippen LogP contribution in [0, 0.1) is 0 Å². The van der Waals surface area contributed by atoms with E-state index in [1.54, 1.807) is 0 Å². The Morgan fingerprint density at radius 3 is 3.00 bits per heavy atom. The fraction of sp³-hybridized carbons (Fsp3) is 0.571. The highest BCUT2D eigenvalue weighted by atomic mass is 16.6. The van der Waals surface area contributed by atoms with E-state index in [9.17, 15) is 0 Å². The molecule has 5 nitrogen and oxygen atoms in total. The number of hydrogen-bond donors (Lipinski definition) is 2. The van der Waals surface area contributed by atoms with Gasteiger partial charge in [-0.1, -0.05) is 6.92 Å². The number of ether oxygens (including phenoxy) is 3. The molecule has 0 saturated carbocycles. The van der Waals surface area contributed by atoms with E-state index in [0.29, 0.717) is 38.7 Å². The highest BCUT2D eigenvalue weighted by molar-refractivity contribution is 5.59. The van der Waals surface area contributed by atoms with Crippen LogP contribution in [0.2, 0.25) is 0 Å². The largest absolute Gasteiger partial charge is 0.493 e. The summed E-state index contributed by atoms with van der Waals surface area (Å²) in [7, 11) is 0. The molecule has 1 unspecified atom stereocenters. The molecule has 0 aromatic heterocycles. The third-order valence-electron chi connectivity index (χ3n) is 2.82. The minimum atomic E-state index is 0.0928. The first-order valence-electron chi connectivity index (χ1n) is 6.74. The Morgan fingerprint density at radius 1 is 1.37 bits per heavy atom. The first kappa shape index (κ1) is 14.0. The molecule has 1 saturated heterocycles. The molecule has 1 aliphatic rings. The Kier molecular flexibility index (Phi) is 5.30. The molecular formula is C14H22N2O3. The molecule has 0 amide bonds. The smallest absolute Gasteiger partial charge is 0.123 e. The molecule has 0 bridgehead atoms. The number of nitrogens with one attached hydrogen (secondary N) is 1. The van der Waals surface area contributed by atoms with Crippen LogP contribution >= 0.6 is 0 Å². The number of nitrogens with two attached hydrogens (primary N) is 1. The summed E-state index contributed by atoms with van der Waals surface area (Å²) < 4.78 is 16.5. The van der Waals surface area contributed by atoms with Crippen molar-refractivity contribution in [3.8, 4) is 5.75 Å². The summed E-state index contributed by atoms with van der Waals surface area (Å²) >= 11 is 0. The van der Waals surface area contributed by atoms with Crippen molar-refractivity contribution in [2.45, 2.75) is 19.4 Å². The zero-order chi connectivity index (χ0) is 13.5. The van der Waals surface area contributed by atoms with Crippen molar-refractivity contribution < 1.29 is 14.2 Å². The van der Waals surface area contributed by atoms with Crippen molar-refractivity contribution in [2.75, 3.05) is 44.0 Å². The number of nitrogen functional groups attached to an aromatic ring is 1. The SMILES string of the molecule is CCCOc1cc(N)cc(NCC2COCCO2)c1. The van der Waals surface area contributed by atoms with Gasteiger partial charge in [-0.15, -0.1) is 0 Å². The van der Waals surface area contributed by atoms with Gasteiger partial charge in [0.2, 0.25) is 0 Å². The lowest BCUT2D eigenvalue weighted by atomic mass is 10.2. The molecule has 0 aliphatic carbocycles. The molecule has 1 fully saturated rings. The molecule has 3 N–H and O–H groups in total. The molecular weight excluding hydrogens is 244 g/mol. The maximum absolute atomic E-state index is 5.86. The first-order chi connectivity index (χ1) is 9.28. The maximum Gasteiger partial charge on any atom is 0.123 e. The maximum atomic E-state index is 5.86. The van der Waals surface area contributed by atoms with Gasteiger partial charge < -0.3 is 25.3 Å². The lowest BCUT2D eigenvalue weighted by molar-refractivity contribution is -0.0818. The third kappa shape index (κ3) is 4.61. The van der Waals surface area contributed by atoms with Crippen molar-refractivity contribution in [3.63, 3.8) is 0 Å². The van der Waals surface area contributed by atoms with E-state index in [1.165, 1.54) is 0 Å². The molecule has 1 aliphatic heterocycles. The van der Waals surface area contributed by atoms with Gasteiger partial charge in [0.25, 0.3) is 0 Å². The summed E-state index contributed by atoms with van der Waals surface area (Å²) in [6.07, 6.45) is 1.07. The van der Waals surface area contributed by atoms with Gasteiger partial charge >= 0.3 is 0 Å². The van der Waals surface area contributed by atoms with E-state index >= 15 is 0 Å². The molecule has 106 valence electrons. The Balaban J connectivity index is 1.89. The molecule has 1 aromatic carbocycles. The second kappa shape index (κ2) is 7.21. The van der Waals surface area contributed by atoms with Crippen LogP contribution in [0.3, 0.4) is 0 Å². The summed E-state index contributed by atoms with van der Waals surface area (Å²) in [5.74, 6) is 0.796. The summed E-state index contributed by atoms with van der Waals surface area (Å²) in [6, 6.07) is 5.68. The lowest BCUT2D eigenvalue weighted by Crippen LogP contribution is -2.34. The van der Waals surface area contributed by atoms with Crippen LogP contribution in [-0.4, -0.2) is 39.1 Å². The molecule has 1 heterocycles. The highest BCUT2D eigenvalue weighted by Gasteiger charge is 2.13. The number of hydrogen-bond acceptors (Lipinski definition) is 5. The zero-order valence-corrected chi connectivity index (χ0v) is 11.4. The van der Waals surface area contributed by atoms with Gasteiger partial charge in [0.15, 0.2) is 0 Å². The van der Waals surface area contributed by atoms with Crippen LogP contribution in [0.1, 0.15) is 13.3 Å². The van der Waals surface area contributed by atoms with E-state index in [-0.39, 0.29) is 6.10 Å². The van der Waals surface area contributed by atoms with Gasteiger partial charge in [-0.25, -0.2) is 0 Å². The predicted molar refractivity (Wildman–Crippen MR) is 75.7 cm³/mol.